The highest BCUT2D eigenvalue weighted by molar-refractivity contribution is 7.91. The maximum atomic E-state index is 14.7. The lowest BCUT2D eigenvalue weighted by Crippen LogP contribution is -2.14. The van der Waals surface area contributed by atoms with Gasteiger partial charge in [-0.25, -0.2) is 8.42 Å². The molecule has 0 amide bonds. The Morgan fingerprint density at radius 1 is 0.622 bits per heavy atom. The average Bonchev–Trinajstić information content (AvgIpc) is 3.05. The molecule has 0 radical (unpaired) electrons. The van der Waals surface area contributed by atoms with E-state index in [4.69, 9.17) is 9.47 Å². The molecule has 0 saturated heterocycles. The van der Waals surface area contributed by atoms with Crippen molar-refractivity contribution in [3.8, 4) is 33.8 Å². The smallest absolute Gasteiger partial charge is 0.213 e. The van der Waals surface area contributed by atoms with Crippen LogP contribution in [-0.4, -0.2) is 45.8 Å². The van der Waals surface area contributed by atoms with Crippen molar-refractivity contribution < 1.29 is 37.1 Å². The number of hydrogen-bond donors (Lipinski definition) is 0. The lowest BCUT2D eigenvalue weighted by Gasteiger charge is -2.21. The van der Waals surface area contributed by atoms with Crippen molar-refractivity contribution in [1.82, 2.24) is 0 Å². The van der Waals surface area contributed by atoms with E-state index in [0.29, 0.717) is 23.7 Å². The Hall–Kier alpha value is -5.41. The second-order valence-corrected chi connectivity index (χ2v) is 11.9. The molecule has 45 heavy (non-hydrogen) atoms. The Morgan fingerprint density at radius 3 is 1.29 bits per heavy atom. The van der Waals surface area contributed by atoms with Gasteiger partial charge in [-0.2, -0.15) is 0 Å². The zero-order valence-electron chi connectivity index (χ0n) is 24.7. The Balaban J connectivity index is 2.14. The third-order valence-electron chi connectivity index (χ3n) is 6.80. The van der Waals surface area contributed by atoms with Crippen LogP contribution in [0.1, 0.15) is 34.6 Å². The quantitative estimate of drug-likeness (QED) is 0.0885. The summed E-state index contributed by atoms with van der Waals surface area (Å²) in [6.07, 6.45) is 0.922. The monoisotopic (exact) mass is 622 g/mol. The van der Waals surface area contributed by atoms with Crippen LogP contribution in [0.25, 0.3) is 22.3 Å². The lowest BCUT2D eigenvalue weighted by molar-refractivity contribution is -0.110. The fourth-order valence-corrected chi connectivity index (χ4v) is 6.35. The van der Waals surface area contributed by atoms with Crippen molar-refractivity contribution in [3.63, 3.8) is 0 Å². The molecule has 4 aromatic carbocycles. The number of Topliss-reactive ketones (excluding diaryl/α,β-unsaturated/α-hetero) is 2. The number of rotatable bonds is 14. The fourth-order valence-electron chi connectivity index (χ4n) is 4.81. The number of sulfone groups is 1. The van der Waals surface area contributed by atoms with Crippen LogP contribution in [0, 0.1) is 0 Å². The standard InChI is InChI=1S/C36H30O8S/c1-23(2)33(39)27-15-17-29(35(43-21-19-37)31(27)25-11-7-5-8-12-25)45(41,42)30-18-16-28(34(40)24(3)4)32(36(30)44-22-20-38)26-13-9-6-10-14-26/h5-20H,1,3,21-22H2,2,4H3. The number of ether oxygens (including phenoxy) is 2. The fraction of sp³-hybridized carbons (Fsp3) is 0.111. The Kier molecular flexibility index (Phi) is 10.1. The Labute approximate surface area is 261 Å². The average molecular weight is 623 g/mol. The molecule has 4 rings (SSSR count). The van der Waals surface area contributed by atoms with Crippen molar-refractivity contribution in [2.24, 2.45) is 0 Å². The lowest BCUT2D eigenvalue weighted by atomic mass is 9.93. The zero-order chi connectivity index (χ0) is 32.7. The number of allylic oxidation sites excluding steroid dienone is 2. The van der Waals surface area contributed by atoms with Crippen LogP contribution >= 0.6 is 0 Å². The predicted molar refractivity (Wildman–Crippen MR) is 171 cm³/mol. The van der Waals surface area contributed by atoms with Gasteiger partial charge in [-0.1, -0.05) is 73.8 Å². The number of hydrogen-bond acceptors (Lipinski definition) is 8. The molecule has 0 fully saturated rings. The summed E-state index contributed by atoms with van der Waals surface area (Å²) in [6, 6.07) is 22.2. The SMILES string of the molecule is C=C(C)C(=O)c1ccc(S(=O)(=O)c2ccc(C(=O)C(=C)C)c(-c3ccccc3)c2OCC=O)c(OCC=O)c1-c1ccccc1. The van der Waals surface area contributed by atoms with Crippen LogP contribution in [-0.2, 0) is 19.4 Å². The van der Waals surface area contributed by atoms with Crippen molar-refractivity contribution in [2.75, 3.05) is 13.2 Å². The van der Waals surface area contributed by atoms with E-state index >= 15 is 0 Å². The summed E-state index contributed by atoms with van der Waals surface area (Å²) >= 11 is 0. The van der Waals surface area contributed by atoms with Gasteiger partial charge in [0.2, 0.25) is 9.84 Å². The van der Waals surface area contributed by atoms with E-state index in [2.05, 4.69) is 13.2 Å². The first-order valence-electron chi connectivity index (χ1n) is 13.8. The first kappa shape index (κ1) is 32.5. The normalized spacial score (nSPS) is 10.9. The van der Waals surface area contributed by atoms with E-state index in [1.54, 1.807) is 60.7 Å². The molecule has 0 spiro atoms. The van der Waals surface area contributed by atoms with E-state index in [9.17, 15) is 27.6 Å². The summed E-state index contributed by atoms with van der Waals surface area (Å²) < 4.78 is 40.9. The second kappa shape index (κ2) is 13.9. The van der Waals surface area contributed by atoms with Crippen LogP contribution in [0.4, 0.5) is 0 Å². The Bertz CT molecular complexity index is 1790. The van der Waals surface area contributed by atoms with Crippen molar-refractivity contribution in [1.29, 1.82) is 0 Å². The van der Waals surface area contributed by atoms with E-state index in [1.807, 2.05) is 0 Å². The largest absolute Gasteiger partial charge is 0.484 e. The van der Waals surface area contributed by atoms with Gasteiger partial charge >= 0.3 is 0 Å². The molecule has 0 atom stereocenters. The van der Waals surface area contributed by atoms with Gasteiger partial charge in [0.25, 0.3) is 0 Å². The molecule has 0 heterocycles. The number of ketones is 2. The van der Waals surface area contributed by atoms with Gasteiger partial charge in [-0.05, 0) is 60.4 Å². The van der Waals surface area contributed by atoms with Crippen LogP contribution in [0.2, 0.25) is 0 Å². The molecular weight excluding hydrogens is 592 g/mol. The molecular formula is C36H30O8S. The van der Waals surface area contributed by atoms with Crippen LogP contribution < -0.4 is 9.47 Å². The number of benzene rings is 4. The molecule has 0 aliphatic rings. The predicted octanol–water partition coefficient (Wildman–Crippen LogP) is 6.53. The third kappa shape index (κ3) is 6.58. The highest BCUT2D eigenvalue weighted by Crippen LogP contribution is 2.46. The second-order valence-electron chi connectivity index (χ2n) is 10.0. The van der Waals surface area contributed by atoms with Gasteiger partial charge in [-0.15, -0.1) is 0 Å². The molecule has 9 heteroatoms. The first-order chi connectivity index (χ1) is 21.5. The molecule has 0 unspecified atom stereocenters. The minimum Gasteiger partial charge on any atom is -0.484 e. The minimum atomic E-state index is -4.60. The topological polar surface area (TPSA) is 121 Å². The molecule has 0 saturated carbocycles. The van der Waals surface area contributed by atoms with Gasteiger partial charge in [0.1, 0.15) is 34.5 Å². The molecule has 8 nitrogen and oxygen atoms in total. The molecule has 0 bridgehead atoms. The van der Waals surface area contributed by atoms with Crippen molar-refractivity contribution in [3.05, 3.63) is 120 Å². The van der Waals surface area contributed by atoms with Gasteiger partial charge < -0.3 is 9.47 Å². The highest BCUT2D eigenvalue weighted by Gasteiger charge is 2.33. The van der Waals surface area contributed by atoms with E-state index in [-0.39, 0.29) is 54.7 Å². The Morgan fingerprint density at radius 2 is 0.978 bits per heavy atom. The summed E-state index contributed by atoms with van der Waals surface area (Å²) in [6.45, 7) is 9.53. The summed E-state index contributed by atoms with van der Waals surface area (Å²) in [7, 11) is -4.60. The number of aldehydes is 2. The molecule has 0 aromatic heterocycles. The molecule has 0 aliphatic heterocycles. The number of carbonyl (C=O) groups is 4. The summed E-state index contributed by atoms with van der Waals surface area (Å²) in [5.74, 6) is -1.36. The van der Waals surface area contributed by atoms with Gasteiger partial charge in [0, 0.05) is 22.3 Å². The van der Waals surface area contributed by atoms with Crippen molar-refractivity contribution in [2.45, 2.75) is 23.6 Å². The van der Waals surface area contributed by atoms with Gasteiger partial charge in [-0.3, -0.25) is 19.2 Å². The maximum Gasteiger partial charge on any atom is 0.213 e. The minimum absolute atomic E-state index is 0.123. The number of carbonyl (C=O) groups excluding carboxylic acids is 4. The molecule has 4 aromatic rings. The summed E-state index contributed by atoms with van der Waals surface area (Å²) in [4.78, 5) is 48.7. The van der Waals surface area contributed by atoms with Gasteiger partial charge in [0.05, 0.1) is 0 Å². The van der Waals surface area contributed by atoms with Crippen LogP contribution in [0.15, 0.2) is 119 Å². The molecule has 228 valence electrons. The van der Waals surface area contributed by atoms with E-state index in [0.717, 1.165) is 0 Å². The van der Waals surface area contributed by atoms with E-state index < -0.39 is 34.6 Å². The maximum absolute atomic E-state index is 14.7. The molecule has 0 N–H and O–H groups in total. The molecule has 0 aliphatic carbocycles. The highest BCUT2D eigenvalue weighted by atomic mass is 32.2. The van der Waals surface area contributed by atoms with Crippen LogP contribution in [0.5, 0.6) is 11.5 Å². The third-order valence-corrected chi connectivity index (χ3v) is 8.60. The van der Waals surface area contributed by atoms with Gasteiger partial charge in [0.15, 0.2) is 24.1 Å². The summed E-state index contributed by atoms with van der Waals surface area (Å²) in [5.41, 5.74) is 1.89. The first-order valence-corrected chi connectivity index (χ1v) is 15.3. The zero-order valence-corrected chi connectivity index (χ0v) is 25.6. The van der Waals surface area contributed by atoms with Crippen LogP contribution in [0.3, 0.4) is 0 Å². The van der Waals surface area contributed by atoms with E-state index in [1.165, 1.54) is 38.1 Å². The summed E-state index contributed by atoms with van der Waals surface area (Å²) in [5, 5.41) is 0. The van der Waals surface area contributed by atoms with Crippen molar-refractivity contribution >= 4 is 34.0 Å².